The second-order valence-electron chi connectivity index (χ2n) is 4.51. The van der Waals surface area contributed by atoms with Crippen LogP contribution < -0.4 is 0 Å². The highest BCUT2D eigenvalue weighted by atomic mass is 16.3. The van der Waals surface area contributed by atoms with Gasteiger partial charge in [-0.3, -0.25) is 4.90 Å². The highest BCUT2D eigenvalue weighted by Gasteiger charge is 2.32. The topological polar surface area (TPSA) is 23.5 Å². The Morgan fingerprint density at radius 1 is 1.08 bits per heavy atom. The van der Waals surface area contributed by atoms with Crippen LogP contribution in [0.4, 0.5) is 0 Å². The first kappa shape index (κ1) is 9.47. The summed E-state index contributed by atoms with van der Waals surface area (Å²) < 4.78 is 0. The average Bonchev–Trinajstić information content (AvgIpc) is 2.19. The van der Waals surface area contributed by atoms with Crippen LogP contribution in [-0.2, 0) is 0 Å². The van der Waals surface area contributed by atoms with Gasteiger partial charge in [-0.05, 0) is 38.1 Å². The molecular formula is C11H21NO. The lowest BCUT2D eigenvalue weighted by Crippen LogP contribution is -2.47. The van der Waals surface area contributed by atoms with Gasteiger partial charge < -0.3 is 5.11 Å². The summed E-state index contributed by atoms with van der Waals surface area (Å²) in [7, 11) is 0. The fraction of sp³-hybridized carbons (Fsp3) is 1.00. The van der Waals surface area contributed by atoms with Gasteiger partial charge in [-0.2, -0.15) is 0 Å². The summed E-state index contributed by atoms with van der Waals surface area (Å²) in [5.74, 6) is 0.953. The van der Waals surface area contributed by atoms with Gasteiger partial charge in [0.15, 0.2) is 0 Å². The van der Waals surface area contributed by atoms with Crippen molar-refractivity contribution in [2.45, 2.75) is 44.6 Å². The van der Waals surface area contributed by atoms with Gasteiger partial charge in [0.1, 0.15) is 0 Å². The third kappa shape index (κ3) is 2.05. The van der Waals surface area contributed by atoms with E-state index in [0.717, 1.165) is 18.5 Å². The molecule has 2 aliphatic rings. The number of fused-ring (bicyclic) bond motifs is 1. The lowest BCUT2D eigenvalue weighted by Gasteiger charge is -2.43. The van der Waals surface area contributed by atoms with Gasteiger partial charge in [0, 0.05) is 12.6 Å². The molecule has 2 heteroatoms. The first-order valence-electron chi connectivity index (χ1n) is 5.76. The Balaban J connectivity index is 1.94. The van der Waals surface area contributed by atoms with Crippen LogP contribution in [0.1, 0.15) is 38.5 Å². The van der Waals surface area contributed by atoms with Crippen molar-refractivity contribution >= 4 is 0 Å². The molecule has 2 rings (SSSR count). The fourth-order valence-corrected chi connectivity index (χ4v) is 3.13. The summed E-state index contributed by atoms with van der Waals surface area (Å²) >= 11 is 0. The number of hydrogen-bond donors (Lipinski definition) is 1. The number of β-amino-alcohol motifs (C(OH)–C–C–N with tert-alkyl or cyclic N) is 1. The maximum atomic E-state index is 8.97. The van der Waals surface area contributed by atoms with Gasteiger partial charge in [-0.25, -0.2) is 0 Å². The average molecular weight is 183 g/mol. The molecule has 1 N–H and O–H groups in total. The third-order valence-electron chi connectivity index (χ3n) is 3.75. The van der Waals surface area contributed by atoms with Crippen molar-refractivity contribution in [1.29, 1.82) is 0 Å². The summed E-state index contributed by atoms with van der Waals surface area (Å²) in [5.41, 5.74) is 0. The van der Waals surface area contributed by atoms with E-state index in [0.29, 0.717) is 6.61 Å². The van der Waals surface area contributed by atoms with E-state index >= 15 is 0 Å². The molecule has 0 aromatic rings. The summed E-state index contributed by atoms with van der Waals surface area (Å²) in [6.45, 7) is 2.46. The first-order valence-corrected chi connectivity index (χ1v) is 5.76. The summed E-state index contributed by atoms with van der Waals surface area (Å²) in [5, 5.41) is 8.97. The van der Waals surface area contributed by atoms with Crippen LogP contribution in [0.15, 0.2) is 0 Å². The van der Waals surface area contributed by atoms with Gasteiger partial charge in [-0.15, -0.1) is 0 Å². The van der Waals surface area contributed by atoms with E-state index in [1.807, 2.05) is 0 Å². The molecule has 1 saturated carbocycles. The molecule has 2 fully saturated rings. The van der Waals surface area contributed by atoms with E-state index in [1.54, 1.807) is 0 Å². The second kappa shape index (κ2) is 4.43. The maximum absolute atomic E-state index is 8.97. The Morgan fingerprint density at radius 2 is 1.85 bits per heavy atom. The molecule has 1 saturated heterocycles. The lowest BCUT2D eigenvalue weighted by molar-refractivity contribution is 0.0472. The highest BCUT2D eigenvalue weighted by molar-refractivity contribution is 4.86. The number of aliphatic hydroxyl groups is 1. The van der Waals surface area contributed by atoms with Crippen LogP contribution in [-0.4, -0.2) is 35.7 Å². The van der Waals surface area contributed by atoms with Gasteiger partial charge in [-0.1, -0.05) is 12.8 Å². The number of nitrogens with zero attached hydrogens (tertiary/aromatic N) is 1. The number of aliphatic hydroxyl groups excluding tert-OH is 1. The first-order chi connectivity index (χ1) is 6.42. The Hall–Kier alpha value is -0.0800. The summed E-state index contributed by atoms with van der Waals surface area (Å²) in [4.78, 5) is 2.52. The summed E-state index contributed by atoms with van der Waals surface area (Å²) in [6.07, 6.45) is 8.45. The van der Waals surface area contributed by atoms with E-state index in [2.05, 4.69) is 4.90 Å². The molecular weight excluding hydrogens is 162 g/mol. The summed E-state index contributed by atoms with van der Waals surface area (Å²) in [6, 6.07) is 0.814. The number of likely N-dealkylation sites (tertiary alicyclic amines) is 1. The Morgan fingerprint density at radius 3 is 2.69 bits per heavy atom. The predicted octanol–water partition coefficient (Wildman–Crippen LogP) is 1.63. The molecule has 76 valence electrons. The van der Waals surface area contributed by atoms with Gasteiger partial charge >= 0.3 is 0 Å². The van der Waals surface area contributed by atoms with Crippen LogP contribution in [0.25, 0.3) is 0 Å². The van der Waals surface area contributed by atoms with Crippen LogP contribution in [0, 0.1) is 5.92 Å². The molecule has 0 spiro atoms. The van der Waals surface area contributed by atoms with E-state index in [-0.39, 0.29) is 0 Å². The van der Waals surface area contributed by atoms with E-state index in [1.165, 1.54) is 45.1 Å². The van der Waals surface area contributed by atoms with E-state index < -0.39 is 0 Å². The van der Waals surface area contributed by atoms with Crippen LogP contribution in [0.5, 0.6) is 0 Å². The molecule has 0 unspecified atom stereocenters. The molecule has 0 amide bonds. The molecule has 1 aliphatic heterocycles. The van der Waals surface area contributed by atoms with Gasteiger partial charge in [0.05, 0.1) is 6.61 Å². The quantitative estimate of drug-likeness (QED) is 0.703. The van der Waals surface area contributed by atoms with Crippen molar-refractivity contribution in [2.24, 2.45) is 5.92 Å². The van der Waals surface area contributed by atoms with Crippen molar-refractivity contribution in [2.75, 3.05) is 19.7 Å². The largest absolute Gasteiger partial charge is 0.395 e. The Bertz CT molecular complexity index is 156. The zero-order valence-corrected chi connectivity index (χ0v) is 8.41. The maximum Gasteiger partial charge on any atom is 0.0558 e. The minimum Gasteiger partial charge on any atom is -0.395 e. The van der Waals surface area contributed by atoms with Crippen LogP contribution in [0.2, 0.25) is 0 Å². The standard InChI is InChI=1S/C11H21NO/c13-9-8-12-7-3-5-10-4-1-2-6-11(10)12/h10-11,13H,1-9H2/t10-,11-/m0/s1. The smallest absolute Gasteiger partial charge is 0.0558 e. The SMILES string of the molecule is OCCN1CCC[C@@H]2CCCC[C@@H]21. The van der Waals surface area contributed by atoms with Crippen molar-refractivity contribution in [3.8, 4) is 0 Å². The van der Waals surface area contributed by atoms with Gasteiger partial charge in [0.2, 0.25) is 0 Å². The molecule has 2 nitrogen and oxygen atoms in total. The molecule has 1 heterocycles. The zero-order chi connectivity index (χ0) is 9.10. The fourth-order valence-electron chi connectivity index (χ4n) is 3.13. The minimum atomic E-state index is 0.337. The minimum absolute atomic E-state index is 0.337. The highest BCUT2D eigenvalue weighted by Crippen LogP contribution is 2.34. The van der Waals surface area contributed by atoms with E-state index in [9.17, 15) is 0 Å². The molecule has 1 aliphatic carbocycles. The van der Waals surface area contributed by atoms with Crippen LogP contribution >= 0.6 is 0 Å². The molecule has 0 aromatic heterocycles. The molecule has 2 atom stereocenters. The zero-order valence-electron chi connectivity index (χ0n) is 8.41. The van der Waals surface area contributed by atoms with Crippen LogP contribution in [0.3, 0.4) is 0 Å². The molecule has 0 bridgehead atoms. The van der Waals surface area contributed by atoms with Gasteiger partial charge in [0.25, 0.3) is 0 Å². The van der Waals surface area contributed by atoms with E-state index in [4.69, 9.17) is 5.11 Å². The molecule has 0 aromatic carbocycles. The monoisotopic (exact) mass is 183 g/mol. The molecule has 0 radical (unpaired) electrons. The Labute approximate surface area is 80.9 Å². The number of hydrogen-bond acceptors (Lipinski definition) is 2. The molecule has 13 heavy (non-hydrogen) atoms. The predicted molar refractivity (Wildman–Crippen MR) is 53.6 cm³/mol. The van der Waals surface area contributed by atoms with Crippen molar-refractivity contribution in [1.82, 2.24) is 4.90 Å². The van der Waals surface area contributed by atoms with Crippen molar-refractivity contribution in [3.05, 3.63) is 0 Å². The van der Waals surface area contributed by atoms with Crippen molar-refractivity contribution in [3.63, 3.8) is 0 Å². The normalized spacial score (nSPS) is 35.8. The Kier molecular flexibility index (Phi) is 3.23. The number of piperidine rings is 1. The third-order valence-corrected chi connectivity index (χ3v) is 3.75. The second-order valence-corrected chi connectivity index (χ2v) is 4.51. The lowest BCUT2D eigenvalue weighted by atomic mass is 9.78. The van der Waals surface area contributed by atoms with Crippen molar-refractivity contribution < 1.29 is 5.11 Å². The number of rotatable bonds is 2.